The van der Waals surface area contributed by atoms with Crippen LogP contribution in [-0.2, 0) is 32.7 Å². The average Bonchev–Trinajstić information content (AvgIpc) is 2.80. The summed E-state index contributed by atoms with van der Waals surface area (Å²) in [5.41, 5.74) is -0.776. The second-order valence-corrected chi connectivity index (χ2v) is 12.8. The summed E-state index contributed by atoms with van der Waals surface area (Å²) < 4.78 is 51.8. The minimum Gasteiger partial charge on any atom is -0.341 e. The van der Waals surface area contributed by atoms with Crippen LogP contribution in [0, 0.1) is 5.92 Å². The lowest BCUT2D eigenvalue weighted by Crippen LogP contribution is -2.68. The molecule has 12 heteroatoms. The fourth-order valence-electron chi connectivity index (χ4n) is 4.63. The molecule has 1 aliphatic carbocycles. The Morgan fingerprint density at radius 2 is 1.71 bits per heavy atom. The Morgan fingerprint density at radius 3 is 2.24 bits per heavy atom. The molecular formula is C22H33N2O8PS. The summed E-state index contributed by atoms with van der Waals surface area (Å²) in [6, 6.07) is 8.59. The van der Waals surface area contributed by atoms with Gasteiger partial charge in [-0.15, -0.1) is 0 Å². The first-order chi connectivity index (χ1) is 16.0. The number of piperidine rings is 1. The summed E-state index contributed by atoms with van der Waals surface area (Å²) in [6.07, 6.45) is 2.71. The van der Waals surface area contributed by atoms with E-state index in [0.717, 1.165) is 25.5 Å². The van der Waals surface area contributed by atoms with Crippen molar-refractivity contribution in [1.29, 1.82) is 0 Å². The quantitative estimate of drug-likeness (QED) is 0.371. The van der Waals surface area contributed by atoms with E-state index in [-0.39, 0.29) is 30.8 Å². The van der Waals surface area contributed by atoms with Crippen LogP contribution in [0.2, 0.25) is 0 Å². The maximum Gasteiger partial charge on any atom is 0.332 e. The number of hydrogen-bond donors (Lipinski definition) is 1. The van der Waals surface area contributed by atoms with Gasteiger partial charge in [-0.25, -0.2) is 0 Å². The molecule has 1 saturated heterocycles. The summed E-state index contributed by atoms with van der Waals surface area (Å²) in [7, 11) is -5.06. The van der Waals surface area contributed by atoms with E-state index in [1.54, 1.807) is 35.2 Å². The smallest absolute Gasteiger partial charge is 0.332 e. The Kier molecular flexibility index (Phi) is 8.57. The number of nitrogens with zero attached hydrogens (tertiary/aromatic N) is 1. The van der Waals surface area contributed by atoms with E-state index >= 15 is 0 Å². The summed E-state index contributed by atoms with van der Waals surface area (Å²) in [6.45, 7) is 1.22. The number of hydrogen-bond acceptors (Lipinski definition) is 8. The zero-order chi connectivity index (χ0) is 25.0. The van der Waals surface area contributed by atoms with Gasteiger partial charge in [0.05, 0.1) is 18.5 Å². The molecule has 1 heterocycles. The van der Waals surface area contributed by atoms with Crippen molar-refractivity contribution in [3.63, 3.8) is 0 Å². The molecule has 0 bridgehead atoms. The van der Waals surface area contributed by atoms with Gasteiger partial charge in [-0.05, 0) is 50.2 Å². The topological polar surface area (TPSA) is 128 Å². The first kappa shape index (κ1) is 26.8. The molecule has 0 radical (unpaired) electrons. The van der Waals surface area contributed by atoms with Crippen molar-refractivity contribution in [2.24, 2.45) is 5.92 Å². The van der Waals surface area contributed by atoms with Gasteiger partial charge >= 0.3 is 7.60 Å². The van der Waals surface area contributed by atoms with Gasteiger partial charge in [-0.1, -0.05) is 18.2 Å². The van der Waals surface area contributed by atoms with Gasteiger partial charge in [-0.2, -0.15) is 8.42 Å². The second-order valence-electron chi connectivity index (χ2n) is 8.92. The van der Waals surface area contributed by atoms with Gasteiger partial charge in [0.15, 0.2) is 0 Å². The standard InChI is InChI=1S/C22H33N2O8PS/c1-30-33(27,31-2)16-19(32-34(3,28)29)18-14-22(15-18,21(26)24-12-8-5-9-13-24)23-20(25)17-10-6-4-7-11-17/h4,6-7,10-11,18-19H,5,8-9,12-16H2,1-3H3,(H,23,25). The zero-order valence-electron chi connectivity index (χ0n) is 19.8. The molecule has 1 aliphatic heterocycles. The van der Waals surface area contributed by atoms with Gasteiger partial charge in [-0.3, -0.25) is 18.3 Å². The number of amides is 2. The number of carbonyl (C=O) groups is 2. The third-order valence-corrected chi connectivity index (χ3v) is 8.96. The van der Waals surface area contributed by atoms with Crippen LogP contribution < -0.4 is 5.32 Å². The van der Waals surface area contributed by atoms with Crippen molar-refractivity contribution in [1.82, 2.24) is 10.2 Å². The molecule has 1 N–H and O–H groups in total. The third-order valence-electron chi connectivity index (χ3n) is 6.45. The molecule has 1 aromatic rings. The molecule has 1 atom stereocenters. The van der Waals surface area contributed by atoms with Crippen molar-refractivity contribution < 1.29 is 35.8 Å². The van der Waals surface area contributed by atoms with E-state index in [0.29, 0.717) is 18.7 Å². The molecule has 0 aromatic heterocycles. The number of carbonyl (C=O) groups excluding carboxylic acids is 2. The molecule has 3 rings (SSSR count). The van der Waals surface area contributed by atoms with Crippen LogP contribution in [0.5, 0.6) is 0 Å². The largest absolute Gasteiger partial charge is 0.341 e. The molecule has 10 nitrogen and oxygen atoms in total. The molecule has 190 valence electrons. The Labute approximate surface area is 201 Å². The first-order valence-electron chi connectivity index (χ1n) is 11.3. The highest BCUT2D eigenvalue weighted by Crippen LogP contribution is 2.52. The van der Waals surface area contributed by atoms with E-state index in [2.05, 4.69) is 5.32 Å². The van der Waals surface area contributed by atoms with Crippen molar-refractivity contribution >= 4 is 29.5 Å². The lowest BCUT2D eigenvalue weighted by Gasteiger charge is -2.51. The van der Waals surface area contributed by atoms with Crippen LogP contribution in [-0.4, -0.2) is 76.5 Å². The van der Waals surface area contributed by atoms with Crippen LogP contribution in [0.15, 0.2) is 30.3 Å². The predicted octanol–water partition coefficient (Wildman–Crippen LogP) is 2.41. The Balaban J connectivity index is 1.85. The van der Waals surface area contributed by atoms with Crippen molar-refractivity contribution in [2.75, 3.05) is 39.7 Å². The molecule has 2 amide bonds. The normalized spacial score (nSPS) is 24.2. The maximum atomic E-state index is 13.6. The van der Waals surface area contributed by atoms with Crippen LogP contribution in [0.1, 0.15) is 42.5 Å². The van der Waals surface area contributed by atoms with Crippen LogP contribution in [0.4, 0.5) is 0 Å². The fourth-order valence-corrected chi connectivity index (χ4v) is 6.67. The summed E-state index contributed by atoms with van der Waals surface area (Å²) in [4.78, 5) is 28.3. The van der Waals surface area contributed by atoms with Crippen LogP contribution >= 0.6 is 7.60 Å². The van der Waals surface area contributed by atoms with Gasteiger partial charge in [0, 0.05) is 32.9 Å². The number of benzene rings is 1. The molecule has 34 heavy (non-hydrogen) atoms. The average molecular weight is 517 g/mol. The van der Waals surface area contributed by atoms with Gasteiger partial charge in [0.25, 0.3) is 16.0 Å². The van der Waals surface area contributed by atoms with Gasteiger partial charge in [0.1, 0.15) is 5.54 Å². The highest BCUT2D eigenvalue weighted by molar-refractivity contribution is 7.86. The summed E-state index contributed by atoms with van der Waals surface area (Å²) in [5.74, 6) is -1.03. The highest BCUT2D eigenvalue weighted by Gasteiger charge is 2.56. The van der Waals surface area contributed by atoms with E-state index in [1.165, 1.54) is 14.2 Å². The van der Waals surface area contributed by atoms with E-state index in [4.69, 9.17) is 13.2 Å². The maximum absolute atomic E-state index is 13.6. The summed E-state index contributed by atoms with van der Waals surface area (Å²) >= 11 is 0. The zero-order valence-corrected chi connectivity index (χ0v) is 21.5. The number of nitrogens with one attached hydrogen (secondary N) is 1. The van der Waals surface area contributed by atoms with E-state index < -0.39 is 35.3 Å². The van der Waals surface area contributed by atoms with Crippen molar-refractivity contribution in [3.05, 3.63) is 35.9 Å². The molecule has 2 aliphatic rings. The van der Waals surface area contributed by atoms with E-state index in [1.807, 2.05) is 0 Å². The van der Waals surface area contributed by atoms with Gasteiger partial charge in [0.2, 0.25) is 5.91 Å². The molecule has 1 aromatic carbocycles. The molecule has 0 spiro atoms. The lowest BCUT2D eigenvalue weighted by atomic mass is 9.65. The minimum absolute atomic E-state index is 0.147. The SMILES string of the molecule is COP(=O)(CC(OS(C)(=O)=O)C1CC(NC(=O)c2ccccc2)(C(=O)N2CCCCC2)C1)OC. The summed E-state index contributed by atoms with van der Waals surface area (Å²) in [5, 5.41) is 2.92. The van der Waals surface area contributed by atoms with Crippen molar-refractivity contribution in [2.45, 2.75) is 43.7 Å². The van der Waals surface area contributed by atoms with E-state index in [9.17, 15) is 22.6 Å². The van der Waals surface area contributed by atoms with Crippen molar-refractivity contribution in [3.8, 4) is 0 Å². The Morgan fingerprint density at radius 1 is 1.12 bits per heavy atom. The number of likely N-dealkylation sites (tertiary alicyclic amines) is 1. The number of rotatable bonds is 10. The fraction of sp³-hybridized carbons (Fsp3) is 0.636. The molecular weight excluding hydrogens is 483 g/mol. The van der Waals surface area contributed by atoms with Gasteiger partial charge < -0.3 is 19.3 Å². The Bertz CT molecular complexity index is 1010. The molecule has 1 saturated carbocycles. The highest BCUT2D eigenvalue weighted by atomic mass is 32.2. The lowest BCUT2D eigenvalue weighted by molar-refractivity contribution is -0.146. The minimum atomic E-state index is -3.89. The first-order valence-corrected chi connectivity index (χ1v) is 14.8. The molecule has 1 unspecified atom stereocenters. The molecule has 2 fully saturated rings. The monoisotopic (exact) mass is 516 g/mol. The third kappa shape index (κ3) is 6.46. The van der Waals surface area contributed by atoms with Crippen LogP contribution in [0.3, 0.4) is 0 Å². The predicted molar refractivity (Wildman–Crippen MR) is 126 cm³/mol. The van der Waals surface area contributed by atoms with Crippen LogP contribution in [0.25, 0.3) is 0 Å². The Hall–Kier alpha value is -1.78. The second kappa shape index (κ2) is 10.9.